The first-order chi connectivity index (χ1) is 12.6. The molecule has 0 aliphatic heterocycles. The van der Waals surface area contributed by atoms with Gasteiger partial charge in [0.2, 0.25) is 0 Å². The first kappa shape index (κ1) is 17.3. The Morgan fingerprint density at radius 2 is 1.96 bits per heavy atom. The van der Waals surface area contributed by atoms with Crippen molar-refractivity contribution in [3.8, 4) is 11.5 Å². The van der Waals surface area contributed by atoms with Crippen molar-refractivity contribution in [1.82, 2.24) is 9.97 Å². The first-order valence-corrected chi connectivity index (χ1v) is 8.01. The number of aromatic nitrogens is 2. The average molecular weight is 353 g/mol. The van der Waals surface area contributed by atoms with E-state index in [0.29, 0.717) is 28.2 Å². The molecule has 3 aromatic rings. The SMILES string of the molecule is C=CCc1ccc(OCC(=O)Nc2ccc3[nH]c(=O)[nH]c3c2)c(OC)c1. The summed E-state index contributed by atoms with van der Waals surface area (Å²) >= 11 is 0. The van der Waals surface area contributed by atoms with Gasteiger partial charge in [-0.2, -0.15) is 0 Å². The van der Waals surface area contributed by atoms with E-state index in [-0.39, 0.29) is 18.2 Å². The highest BCUT2D eigenvalue weighted by atomic mass is 16.5. The van der Waals surface area contributed by atoms with Crippen molar-refractivity contribution in [1.29, 1.82) is 0 Å². The average Bonchev–Trinajstić information content (AvgIpc) is 3.00. The normalized spacial score (nSPS) is 10.5. The van der Waals surface area contributed by atoms with Gasteiger partial charge in [-0.15, -0.1) is 6.58 Å². The van der Waals surface area contributed by atoms with Crippen LogP contribution in [-0.2, 0) is 11.2 Å². The Morgan fingerprint density at radius 3 is 2.73 bits per heavy atom. The molecule has 0 bridgehead atoms. The fourth-order valence-corrected chi connectivity index (χ4v) is 2.58. The fraction of sp³-hybridized carbons (Fsp3) is 0.158. The lowest BCUT2D eigenvalue weighted by molar-refractivity contribution is -0.118. The third-order valence-corrected chi connectivity index (χ3v) is 3.77. The van der Waals surface area contributed by atoms with Crippen LogP contribution in [0.15, 0.2) is 53.8 Å². The first-order valence-electron chi connectivity index (χ1n) is 8.01. The molecule has 134 valence electrons. The number of hydrogen-bond acceptors (Lipinski definition) is 4. The molecule has 1 heterocycles. The Balaban J connectivity index is 1.64. The van der Waals surface area contributed by atoms with E-state index in [9.17, 15) is 9.59 Å². The van der Waals surface area contributed by atoms with Gasteiger partial charge in [0.15, 0.2) is 18.1 Å². The molecular weight excluding hydrogens is 334 g/mol. The summed E-state index contributed by atoms with van der Waals surface area (Å²) in [5.41, 5.74) is 2.61. The van der Waals surface area contributed by atoms with Gasteiger partial charge in [0.1, 0.15) is 0 Å². The Bertz CT molecular complexity index is 1000. The van der Waals surface area contributed by atoms with Crippen LogP contribution in [0.3, 0.4) is 0 Å². The summed E-state index contributed by atoms with van der Waals surface area (Å²) < 4.78 is 10.9. The predicted octanol–water partition coefficient (Wildman–Crippen LogP) is 2.61. The van der Waals surface area contributed by atoms with Crippen LogP contribution in [0.5, 0.6) is 11.5 Å². The van der Waals surface area contributed by atoms with Gasteiger partial charge in [0.05, 0.1) is 18.1 Å². The molecule has 0 fully saturated rings. The minimum absolute atomic E-state index is 0.168. The lowest BCUT2D eigenvalue weighted by Gasteiger charge is -2.12. The van der Waals surface area contributed by atoms with Gasteiger partial charge >= 0.3 is 5.69 Å². The summed E-state index contributed by atoms with van der Waals surface area (Å²) in [6, 6.07) is 10.6. The van der Waals surface area contributed by atoms with E-state index in [1.165, 1.54) is 0 Å². The van der Waals surface area contributed by atoms with Crippen molar-refractivity contribution in [2.75, 3.05) is 19.0 Å². The second-order valence-corrected chi connectivity index (χ2v) is 5.65. The predicted molar refractivity (Wildman–Crippen MR) is 99.9 cm³/mol. The summed E-state index contributed by atoms with van der Waals surface area (Å²) in [4.78, 5) is 28.7. The van der Waals surface area contributed by atoms with E-state index in [2.05, 4.69) is 21.9 Å². The third-order valence-electron chi connectivity index (χ3n) is 3.77. The Labute approximate surface area is 149 Å². The maximum Gasteiger partial charge on any atom is 0.323 e. The number of aromatic amines is 2. The van der Waals surface area contributed by atoms with Crippen LogP contribution >= 0.6 is 0 Å². The number of nitrogens with one attached hydrogen (secondary N) is 3. The number of H-pyrrole nitrogens is 2. The molecule has 0 spiro atoms. The molecule has 7 heteroatoms. The highest BCUT2D eigenvalue weighted by Crippen LogP contribution is 2.28. The summed E-state index contributed by atoms with van der Waals surface area (Å²) in [6.07, 6.45) is 2.53. The number of allylic oxidation sites excluding steroid dienone is 1. The molecule has 1 amide bonds. The minimum atomic E-state index is -0.320. The Hall–Kier alpha value is -3.48. The molecule has 0 saturated heterocycles. The van der Waals surface area contributed by atoms with E-state index in [4.69, 9.17) is 9.47 Å². The van der Waals surface area contributed by atoms with Crippen molar-refractivity contribution in [3.05, 3.63) is 65.1 Å². The van der Waals surface area contributed by atoms with Crippen LogP contribution in [-0.4, -0.2) is 29.6 Å². The molecule has 7 nitrogen and oxygen atoms in total. The zero-order valence-electron chi connectivity index (χ0n) is 14.3. The van der Waals surface area contributed by atoms with E-state index in [1.54, 1.807) is 37.5 Å². The van der Waals surface area contributed by atoms with Gasteiger partial charge in [-0.25, -0.2) is 4.79 Å². The maximum absolute atomic E-state index is 12.1. The molecular formula is C19H19N3O4. The lowest BCUT2D eigenvalue weighted by Crippen LogP contribution is -2.20. The Morgan fingerprint density at radius 1 is 1.15 bits per heavy atom. The van der Waals surface area contributed by atoms with Crippen molar-refractivity contribution < 1.29 is 14.3 Å². The van der Waals surface area contributed by atoms with Crippen LogP contribution < -0.4 is 20.5 Å². The van der Waals surface area contributed by atoms with Crippen LogP contribution in [0.2, 0.25) is 0 Å². The molecule has 2 aromatic carbocycles. The molecule has 0 saturated carbocycles. The highest BCUT2D eigenvalue weighted by Gasteiger charge is 2.09. The third kappa shape index (κ3) is 3.94. The number of methoxy groups -OCH3 is 1. The number of amides is 1. The quantitative estimate of drug-likeness (QED) is 0.569. The van der Waals surface area contributed by atoms with Crippen molar-refractivity contribution >= 4 is 22.6 Å². The van der Waals surface area contributed by atoms with Crippen LogP contribution in [0.25, 0.3) is 11.0 Å². The van der Waals surface area contributed by atoms with Gasteiger partial charge in [0.25, 0.3) is 5.91 Å². The van der Waals surface area contributed by atoms with Crippen molar-refractivity contribution in [3.63, 3.8) is 0 Å². The van der Waals surface area contributed by atoms with E-state index in [1.807, 2.05) is 12.1 Å². The smallest absolute Gasteiger partial charge is 0.323 e. The molecule has 0 unspecified atom stereocenters. The molecule has 26 heavy (non-hydrogen) atoms. The van der Waals surface area contributed by atoms with Crippen molar-refractivity contribution in [2.45, 2.75) is 6.42 Å². The monoisotopic (exact) mass is 353 g/mol. The van der Waals surface area contributed by atoms with Gasteiger partial charge in [-0.3, -0.25) is 4.79 Å². The molecule has 0 atom stereocenters. The van der Waals surface area contributed by atoms with Gasteiger partial charge in [-0.1, -0.05) is 12.1 Å². The Kier molecular flexibility index (Phi) is 5.07. The summed E-state index contributed by atoms with van der Waals surface area (Å²) in [5.74, 6) is 0.726. The number of rotatable bonds is 7. The zero-order valence-corrected chi connectivity index (χ0v) is 14.3. The number of benzene rings is 2. The molecule has 0 aliphatic rings. The number of carbonyl (C=O) groups is 1. The summed E-state index contributed by atoms with van der Waals surface area (Å²) in [7, 11) is 1.55. The van der Waals surface area contributed by atoms with Crippen molar-refractivity contribution in [2.24, 2.45) is 0 Å². The largest absolute Gasteiger partial charge is 0.493 e. The van der Waals surface area contributed by atoms with Gasteiger partial charge in [0, 0.05) is 5.69 Å². The summed E-state index contributed by atoms with van der Waals surface area (Å²) in [6.45, 7) is 3.54. The number of fused-ring (bicyclic) bond motifs is 1. The topological polar surface area (TPSA) is 96.2 Å². The van der Waals surface area contributed by atoms with Crippen LogP contribution in [0.4, 0.5) is 5.69 Å². The maximum atomic E-state index is 12.1. The van der Waals surface area contributed by atoms with Crippen LogP contribution in [0.1, 0.15) is 5.56 Å². The zero-order chi connectivity index (χ0) is 18.5. The fourth-order valence-electron chi connectivity index (χ4n) is 2.58. The number of imidazole rings is 1. The minimum Gasteiger partial charge on any atom is -0.493 e. The second-order valence-electron chi connectivity index (χ2n) is 5.65. The lowest BCUT2D eigenvalue weighted by atomic mass is 10.1. The molecule has 3 N–H and O–H groups in total. The van der Waals surface area contributed by atoms with E-state index >= 15 is 0 Å². The number of hydrogen-bond donors (Lipinski definition) is 3. The van der Waals surface area contributed by atoms with E-state index < -0.39 is 0 Å². The number of ether oxygens (including phenoxy) is 2. The molecule has 3 rings (SSSR count). The van der Waals surface area contributed by atoms with E-state index in [0.717, 1.165) is 12.0 Å². The molecule has 0 radical (unpaired) electrons. The van der Waals surface area contributed by atoms with Gasteiger partial charge < -0.3 is 24.8 Å². The standard InChI is InChI=1S/C19H19N3O4/c1-3-4-12-5-8-16(17(9-12)25-2)26-11-18(23)20-13-6-7-14-15(10-13)22-19(24)21-14/h3,5-10H,1,4,11H2,2H3,(H,20,23)(H2,21,22,24). The highest BCUT2D eigenvalue weighted by molar-refractivity contribution is 5.93. The number of anilines is 1. The van der Waals surface area contributed by atoms with Crippen LogP contribution in [0, 0.1) is 0 Å². The summed E-state index contributed by atoms with van der Waals surface area (Å²) in [5, 5.41) is 2.73. The molecule has 1 aromatic heterocycles. The van der Waals surface area contributed by atoms with Gasteiger partial charge in [-0.05, 0) is 42.3 Å². The molecule has 0 aliphatic carbocycles. The number of carbonyl (C=O) groups excluding carboxylic acids is 1. The second kappa shape index (κ2) is 7.60.